The second kappa shape index (κ2) is 5.84. The van der Waals surface area contributed by atoms with Gasteiger partial charge in [-0.05, 0) is 30.7 Å². The highest BCUT2D eigenvalue weighted by atomic mass is 16.2. The van der Waals surface area contributed by atoms with Gasteiger partial charge >= 0.3 is 0 Å². The third-order valence-electron chi connectivity index (χ3n) is 2.90. The van der Waals surface area contributed by atoms with E-state index in [4.69, 9.17) is 5.26 Å². The number of amides is 3. The van der Waals surface area contributed by atoms with Crippen molar-refractivity contribution in [3.63, 3.8) is 0 Å². The Morgan fingerprint density at radius 2 is 1.80 bits per heavy atom. The maximum absolute atomic E-state index is 11.7. The van der Waals surface area contributed by atoms with Gasteiger partial charge in [0.05, 0.1) is 11.6 Å². The molecule has 0 bridgehead atoms. The van der Waals surface area contributed by atoms with Gasteiger partial charge in [0.15, 0.2) is 0 Å². The summed E-state index contributed by atoms with van der Waals surface area (Å²) >= 11 is 0. The average Bonchev–Trinajstić information content (AvgIpc) is 2.77. The number of rotatable bonds is 4. The lowest BCUT2D eigenvalue weighted by Crippen LogP contribution is -2.28. The molecule has 0 aromatic heterocycles. The Morgan fingerprint density at radius 1 is 1.20 bits per heavy atom. The number of benzene rings is 1. The van der Waals surface area contributed by atoms with Crippen LogP contribution in [0.5, 0.6) is 0 Å². The van der Waals surface area contributed by atoms with Gasteiger partial charge < -0.3 is 5.32 Å². The van der Waals surface area contributed by atoms with E-state index >= 15 is 0 Å². The molecule has 0 aliphatic carbocycles. The van der Waals surface area contributed by atoms with Crippen LogP contribution in [-0.2, 0) is 14.4 Å². The van der Waals surface area contributed by atoms with E-state index in [1.807, 2.05) is 6.07 Å². The van der Waals surface area contributed by atoms with Crippen LogP contribution < -0.4 is 16.2 Å². The van der Waals surface area contributed by atoms with Crippen LogP contribution in [0.15, 0.2) is 24.3 Å². The van der Waals surface area contributed by atoms with Gasteiger partial charge in [-0.2, -0.15) is 5.26 Å². The summed E-state index contributed by atoms with van der Waals surface area (Å²) in [4.78, 5) is 34.2. The van der Waals surface area contributed by atoms with Crippen molar-refractivity contribution in [2.75, 3.05) is 5.32 Å². The average molecular weight is 272 g/mol. The standard InChI is InChI=1S/C13H12N4O3/c14-7-8-1-3-9(4-2-8)15-11(18)6-5-10-12(19)16-17-13(10)20/h1-4,10H,5-6H2,(H,15,18)(H,16,19)(H,17,20). The minimum absolute atomic E-state index is 0.0610. The number of nitriles is 1. The number of anilines is 1. The number of carbonyl (C=O) groups is 3. The minimum atomic E-state index is -0.818. The second-order valence-corrected chi connectivity index (χ2v) is 4.31. The lowest BCUT2D eigenvalue weighted by Gasteiger charge is -2.06. The number of nitrogens with one attached hydrogen (secondary N) is 3. The lowest BCUT2D eigenvalue weighted by molar-refractivity contribution is -0.128. The van der Waals surface area contributed by atoms with Gasteiger partial charge in [0.1, 0.15) is 5.92 Å². The van der Waals surface area contributed by atoms with Crippen molar-refractivity contribution < 1.29 is 14.4 Å². The Balaban J connectivity index is 1.85. The highest BCUT2D eigenvalue weighted by Gasteiger charge is 2.32. The van der Waals surface area contributed by atoms with Gasteiger partial charge in [0.25, 0.3) is 11.8 Å². The summed E-state index contributed by atoms with van der Waals surface area (Å²) in [5.41, 5.74) is 5.48. The zero-order valence-electron chi connectivity index (χ0n) is 10.5. The first kappa shape index (κ1) is 13.5. The quantitative estimate of drug-likeness (QED) is 0.672. The van der Waals surface area contributed by atoms with E-state index in [0.29, 0.717) is 11.3 Å². The fourth-order valence-electron chi connectivity index (χ4n) is 1.81. The Hall–Kier alpha value is -2.88. The predicted molar refractivity (Wildman–Crippen MR) is 68.8 cm³/mol. The molecule has 1 heterocycles. The van der Waals surface area contributed by atoms with Crippen LogP contribution in [0.1, 0.15) is 18.4 Å². The van der Waals surface area contributed by atoms with E-state index in [1.165, 1.54) is 0 Å². The molecule has 3 N–H and O–H groups in total. The zero-order chi connectivity index (χ0) is 14.5. The monoisotopic (exact) mass is 272 g/mol. The summed E-state index contributed by atoms with van der Waals surface area (Å²) in [5, 5.41) is 11.3. The molecule has 0 unspecified atom stereocenters. The first-order valence-electron chi connectivity index (χ1n) is 6.00. The minimum Gasteiger partial charge on any atom is -0.326 e. The summed E-state index contributed by atoms with van der Waals surface area (Å²) < 4.78 is 0. The molecule has 1 saturated heterocycles. The summed E-state index contributed by atoms with van der Waals surface area (Å²) in [6.07, 6.45) is 0.214. The highest BCUT2D eigenvalue weighted by Crippen LogP contribution is 2.13. The Morgan fingerprint density at radius 3 is 2.35 bits per heavy atom. The Bertz CT molecular complexity index is 573. The molecule has 7 nitrogen and oxygen atoms in total. The molecular formula is C13H12N4O3. The fourth-order valence-corrected chi connectivity index (χ4v) is 1.81. The molecule has 3 amide bonds. The largest absolute Gasteiger partial charge is 0.326 e. The molecule has 1 aromatic rings. The van der Waals surface area contributed by atoms with Crippen LogP contribution in [0.2, 0.25) is 0 Å². The Labute approximate surface area is 114 Å². The van der Waals surface area contributed by atoms with Crippen molar-refractivity contribution in [3.05, 3.63) is 29.8 Å². The first-order chi connectivity index (χ1) is 9.60. The number of carbonyl (C=O) groups excluding carboxylic acids is 3. The van der Waals surface area contributed by atoms with Gasteiger partial charge in [0.2, 0.25) is 5.91 Å². The van der Waals surface area contributed by atoms with Crippen LogP contribution in [0.25, 0.3) is 0 Å². The molecule has 0 atom stereocenters. The van der Waals surface area contributed by atoms with Gasteiger partial charge in [-0.15, -0.1) is 0 Å². The number of hydrazine groups is 1. The molecular weight excluding hydrogens is 260 g/mol. The maximum atomic E-state index is 11.7. The molecule has 20 heavy (non-hydrogen) atoms. The fraction of sp³-hybridized carbons (Fsp3) is 0.231. The van der Waals surface area contributed by atoms with Crippen LogP contribution in [0.3, 0.4) is 0 Å². The molecule has 1 aromatic carbocycles. The summed E-state index contributed by atoms with van der Waals surface area (Å²) in [7, 11) is 0. The molecule has 2 rings (SSSR count). The lowest BCUT2D eigenvalue weighted by atomic mass is 10.0. The molecule has 0 spiro atoms. The number of hydrogen-bond acceptors (Lipinski definition) is 4. The molecule has 1 fully saturated rings. The van der Waals surface area contributed by atoms with Crippen LogP contribution >= 0.6 is 0 Å². The van der Waals surface area contributed by atoms with Crippen molar-refractivity contribution in [1.82, 2.24) is 10.9 Å². The third-order valence-corrected chi connectivity index (χ3v) is 2.90. The van der Waals surface area contributed by atoms with E-state index in [9.17, 15) is 14.4 Å². The molecule has 0 saturated carbocycles. The van der Waals surface area contributed by atoms with Crippen LogP contribution in [0, 0.1) is 17.2 Å². The van der Waals surface area contributed by atoms with E-state index in [-0.39, 0.29) is 18.7 Å². The molecule has 102 valence electrons. The Kier molecular flexibility index (Phi) is 3.96. The van der Waals surface area contributed by atoms with Crippen molar-refractivity contribution >= 4 is 23.4 Å². The predicted octanol–water partition coefficient (Wildman–Crippen LogP) is 0.0542. The molecule has 7 heteroatoms. The van der Waals surface area contributed by atoms with Gasteiger partial charge in [0, 0.05) is 12.1 Å². The topological polar surface area (TPSA) is 111 Å². The van der Waals surface area contributed by atoms with E-state index in [0.717, 1.165) is 0 Å². The summed E-state index contributed by atoms with van der Waals surface area (Å²) in [5.74, 6) is -1.94. The molecule has 0 radical (unpaired) electrons. The van der Waals surface area contributed by atoms with Gasteiger partial charge in [-0.25, -0.2) is 0 Å². The van der Waals surface area contributed by atoms with Gasteiger partial charge in [-0.1, -0.05) is 0 Å². The van der Waals surface area contributed by atoms with Gasteiger partial charge in [-0.3, -0.25) is 25.2 Å². The van der Waals surface area contributed by atoms with Crippen molar-refractivity contribution in [1.29, 1.82) is 5.26 Å². The SMILES string of the molecule is N#Cc1ccc(NC(=O)CCC2C(=O)NNC2=O)cc1. The van der Waals surface area contributed by atoms with E-state index in [2.05, 4.69) is 16.2 Å². The number of nitrogens with zero attached hydrogens (tertiary/aromatic N) is 1. The van der Waals surface area contributed by atoms with Crippen molar-refractivity contribution in [2.45, 2.75) is 12.8 Å². The molecule has 1 aliphatic heterocycles. The zero-order valence-corrected chi connectivity index (χ0v) is 10.5. The van der Waals surface area contributed by atoms with E-state index in [1.54, 1.807) is 24.3 Å². The van der Waals surface area contributed by atoms with E-state index < -0.39 is 17.7 Å². The first-order valence-corrected chi connectivity index (χ1v) is 6.00. The number of hydrogen-bond donors (Lipinski definition) is 3. The summed E-state index contributed by atoms with van der Waals surface area (Å²) in [6.45, 7) is 0. The second-order valence-electron chi connectivity index (χ2n) is 4.31. The normalized spacial score (nSPS) is 14.3. The van der Waals surface area contributed by atoms with Crippen molar-refractivity contribution in [2.24, 2.45) is 5.92 Å². The third kappa shape index (κ3) is 3.11. The summed E-state index contributed by atoms with van der Waals surface area (Å²) in [6, 6.07) is 8.39. The molecule has 1 aliphatic rings. The van der Waals surface area contributed by atoms with Crippen LogP contribution in [-0.4, -0.2) is 17.7 Å². The van der Waals surface area contributed by atoms with Crippen LogP contribution in [0.4, 0.5) is 5.69 Å². The smallest absolute Gasteiger partial charge is 0.251 e. The highest BCUT2D eigenvalue weighted by molar-refractivity contribution is 6.05. The maximum Gasteiger partial charge on any atom is 0.251 e. The van der Waals surface area contributed by atoms with Crippen molar-refractivity contribution in [3.8, 4) is 6.07 Å².